The number of benzene rings is 1. The summed E-state index contributed by atoms with van der Waals surface area (Å²) < 4.78 is 0. The fraction of sp³-hybridized carbons (Fsp3) is 0.167. The van der Waals surface area contributed by atoms with Crippen LogP contribution < -0.4 is 0 Å². The van der Waals surface area contributed by atoms with Crippen molar-refractivity contribution in [3.8, 4) is 11.5 Å². The Bertz CT molecular complexity index is 569. The zero-order chi connectivity index (χ0) is 12.7. The van der Waals surface area contributed by atoms with Gasteiger partial charge in [-0.15, -0.1) is 0 Å². The van der Waals surface area contributed by atoms with E-state index in [1.807, 2.05) is 0 Å². The number of aromatic hydroxyl groups is 2. The molecule has 88 valence electrons. The van der Waals surface area contributed by atoms with Crippen molar-refractivity contribution >= 4 is 11.6 Å². The molecule has 0 heterocycles. The molecule has 0 fully saturated rings. The largest absolute Gasteiger partial charge is 0.507 e. The molecule has 1 aliphatic rings. The standard InChI is InChI=1S/C12H10O5/c1-5-6(4-13)12(17)10-8(15)3-2-7(14)9(10)11(5)16/h2-3,13,16-17H,4H2,1H3. The molecule has 1 aromatic rings. The molecule has 0 spiro atoms. The number of aliphatic hydroxyl groups is 1. The third-order valence-electron chi connectivity index (χ3n) is 2.85. The van der Waals surface area contributed by atoms with Crippen LogP contribution >= 0.6 is 0 Å². The Balaban J connectivity index is 2.91. The van der Waals surface area contributed by atoms with Crippen LogP contribution in [0.3, 0.4) is 0 Å². The quantitative estimate of drug-likeness (QED) is 0.626. The van der Waals surface area contributed by atoms with Crippen molar-refractivity contribution in [2.24, 2.45) is 0 Å². The lowest BCUT2D eigenvalue weighted by Crippen LogP contribution is -2.14. The summed E-state index contributed by atoms with van der Waals surface area (Å²) in [5.74, 6) is -1.92. The van der Waals surface area contributed by atoms with Crippen LogP contribution in [-0.2, 0) is 6.61 Å². The van der Waals surface area contributed by atoms with E-state index in [0.717, 1.165) is 12.2 Å². The molecule has 2 rings (SSSR count). The zero-order valence-electron chi connectivity index (χ0n) is 9.02. The number of hydrogen-bond acceptors (Lipinski definition) is 5. The van der Waals surface area contributed by atoms with E-state index in [4.69, 9.17) is 5.11 Å². The first kappa shape index (κ1) is 11.3. The van der Waals surface area contributed by atoms with Gasteiger partial charge in [-0.1, -0.05) is 0 Å². The Labute approximate surface area is 96.6 Å². The van der Waals surface area contributed by atoms with Gasteiger partial charge in [-0.05, 0) is 19.1 Å². The topological polar surface area (TPSA) is 94.8 Å². The maximum atomic E-state index is 11.6. The highest BCUT2D eigenvalue weighted by Gasteiger charge is 2.30. The summed E-state index contributed by atoms with van der Waals surface area (Å²) in [6.07, 6.45) is 2.07. The number of ketones is 2. The summed E-state index contributed by atoms with van der Waals surface area (Å²) >= 11 is 0. The van der Waals surface area contributed by atoms with Crippen LogP contribution in [0.1, 0.15) is 31.8 Å². The molecule has 5 heteroatoms. The molecule has 5 nitrogen and oxygen atoms in total. The molecule has 0 atom stereocenters. The third-order valence-corrected chi connectivity index (χ3v) is 2.85. The molecule has 0 saturated heterocycles. The van der Waals surface area contributed by atoms with E-state index >= 15 is 0 Å². The Kier molecular flexibility index (Phi) is 2.48. The van der Waals surface area contributed by atoms with Gasteiger partial charge in [0, 0.05) is 11.1 Å². The van der Waals surface area contributed by atoms with E-state index < -0.39 is 23.9 Å². The van der Waals surface area contributed by atoms with Crippen LogP contribution in [-0.4, -0.2) is 26.9 Å². The first-order valence-corrected chi connectivity index (χ1v) is 4.94. The van der Waals surface area contributed by atoms with Gasteiger partial charge < -0.3 is 15.3 Å². The predicted octanol–water partition coefficient (Wildman–Crippen LogP) is 0.834. The van der Waals surface area contributed by atoms with Crippen LogP contribution in [0.5, 0.6) is 11.5 Å². The SMILES string of the molecule is Cc1c(O)c2c(c(O)c1CO)C(=O)C=CC2=O. The molecule has 17 heavy (non-hydrogen) atoms. The second kappa shape index (κ2) is 3.71. The maximum Gasteiger partial charge on any atom is 0.190 e. The molecular formula is C12H10O5. The van der Waals surface area contributed by atoms with E-state index in [1.54, 1.807) is 0 Å². The molecule has 0 aromatic heterocycles. The molecule has 0 saturated carbocycles. The fourth-order valence-corrected chi connectivity index (χ4v) is 1.89. The van der Waals surface area contributed by atoms with Gasteiger partial charge in [0.1, 0.15) is 11.5 Å². The number of carbonyl (C=O) groups is 2. The smallest absolute Gasteiger partial charge is 0.190 e. The number of carbonyl (C=O) groups excluding carboxylic acids is 2. The number of allylic oxidation sites excluding steroid dienone is 2. The molecule has 0 unspecified atom stereocenters. The van der Waals surface area contributed by atoms with Gasteiger partial charge in [0.2, 0.25) is 0 Å². The number of phenolic OH excluding ortho intramolecular Hbond substituents is 1. The minimum Gasteiger partial charge on any atom is -0.507 e. The highest BCUT2D eigenvalue weighted by molar-refractivity contribution is 6.24. The van der Waals surface area contributed by atoms with Crippen molar-refractivity contribution < 1.29 is 24.9 Å². The van der Waals surface area contributed by atoms with Gasteiger partial charge >= 0.3 is 0 Å². The fourth-order valence-electron chi connectivity index (χ4n) is 1.89. The predicted molar refractivity (Wildman–Crippen MR) is 58.2 cm³/mol. The minimum atomic E-state index is -0.567. The van der Waals surface area contributed by atoms with Crippen LogP contribution in [0, 0.1) is 6.92 Å². The lowest BCUT2D eigenvalue weighted by Gasteiger charge is -2.17. The summed E-state index contributed by atoms with van der Waals surface area (Å²) in [4.78, 5) is 23.2. The summed E-state index contributed by atoms with van der Waals surface area (Å²) in [5.41, 5.74) is -0.202. The molecule has 0 radical (unpaired) electrons. The van der Waals surface area contributed by atoms with Crippen molar-refractivity contribution in [3.05, 3.63) is 34.4 Å². The van der Waals surface area contributed by atoms with Gasteiger partial charge in [0.25, 0.3) is 0 Å². The van der Waals surface area contributed by atoms with Crippen molar-refractivity contribution in [3.63, 3.8) is 0 Å². The molecule has 0 amide bonds. The minimum absolute atomic E-state index is 0.0534. The zero-order valence-corrected chi connectivity index (χ0v) is 9.02. The lowest BCUT2D eigenvalue weighted by atomic mass is 9.88. The molecular weight excluding hydrogens is 224 g/mol. The highest BCUT2D eigenvalue weighted by Crippen LogP contribution is 2.39. The van der Waals surface area contributed by atoms with Gasteiger partial charge in [-0.3, -0.25) is 9.59 Å². The molecule has 0 bridgehead atoms. The summed E-state index contributed by atoms with van der Waals surface area (Å²) in [7, 11) is 0. The summed E-state index contributed by atoms with van der Waals surface area (Å²) in [6, 6.07) is 0. The number of hydrogen-bond donors (Lipinski definition) is 3. The molecule has 1 aromatic carbocycles. The van der Waals surface area contributed by atoms with Crippen LogP contribution in [0.4, 0.5) is 0 Å². The first-order chi connectivity index (χ1) is 7.99. The van der Waals surface area contributed by atoms with Gasteiger partial charge in [-0.25, -0.2) is 0 Å². The molecule has 0 aliphatic heterocycles. The van der Waals surface area contributed by atoms with Crippen molar-refractivity contribution in [1.82, 2.24) is 0 Å². The van der Waals surface area contributed by atoms with Crippen LogP contribution in [0.2, 0.25) is 0 Å². The molecule has 3 N–H and O–H groups in total. The van der Waals surface area contributed by atoms with Gasteiger partial charge in [0.05, 0.1) is 17.7 Å². The third kappa shape index (κ3) is 1.43. The number of fused-ring (bicyclic) bond motifs is 1. The maximum absolute atomic E-state index is 11.6. The number of phenols is 2. The number of rotatable bonds is 1. The van der Waals surface area contributed by atoms with E-state index in [1.165, 1.54) is 6.92 Å². The monoisotopic (exact) mass is 234 g/mol. The highest BCUT2D eigenvalue weighted by atomic mass is 16.3. The second-order valence-corrected chi connectivity index (χ2v) is 3.77. The average Bonchev–Trinajstić information content (AvgIpc) is 2.30. The van der Waals surface area contributed by atoms with E-state index in [0.29, 0.717) is 0 Å². The molecule has 1 aliphatic carbocycles. The average molecular weight is 234 g/mol. The Hall–Kier alpha value is -2.14. The van der Waals surface area contributed by atoms with Crippen molar-refractivity contribution in [1.29, 1.82) is 0 Å². The summed E-state index contributed by atoms with van der Waals surface area (Å²) in [6.45, 7) is 0.931. The van der Waals surface area contributed by atoms with Crippen molar-refractivity contribution in [2.45, 2.75) is 13.5 Å². The van der Waals surface area contributed by atoms with Gasteiger partial charge in [0.15, 0.2) is 11.6 Å². The summed E-state index contributed by atoms with van der Waals surface area (Å²) in [5, 5.41) is 28.8. The van der Waals surface area contributed by atoms with Crippen molar-refractivity contribution in [2.75, 3.05) is 0 Å². The van der Waals surface area contributed by atoms with Gasteiger partial charge in [-0.2, -0.15) is 0 Å². The lowest BCUT2D eigenvalue weighted by molar-refractivity contribution is 0.0988. The Morgan fingerprint density at radius 1 is 1.00 bits per heavy atom. The van der Waals surface area contributed by atoms with Crippen LogP contribution in [0.25, 0.3) is 0 Å². The Morgan fingerprint density at radius 3 is 1.94 bits per heavy atom. The van der Waals surface area contributed by atoms with E-state index in [9.17, 15) is 19.8 Å². The second-order valence-electron chi connectivity index (χ2n) is 3.77. The first-order valence-electron chi connectivity index (χ1n) is 4.94. The van der Waals surface area contributed by atoms with Crippen LogP contribution in [0.15, 0.2) is 12.2 Å². The Morgan fingerprint density at radius 2 is 1.47 bits per heavy atom. The van der Waals surface area contributed by atoms with E-state index in [2.05, 4.69) is 0 Å². The van der Waals surface area contributed by atoms with E-state index in [-0.39, 0.29) is 28.0 Å². The number of aliphatic hydroxyl groups excluding tert-OH is 1. The normalized spacial score (nSPS) is 14.0.